The Morgan fingerprint density at radius 1 is 1.13 bits per heavy atom. The number of hydrogen-bond donors (Lipinski definition) is 0. The quantitative estimate of drug-likeness (QED) is 0.233. The molecule has 0 bridgehead atoms. The van der Waals surface area contributed by atoms with Crippen LogP contribution < -0.4 is 42.4 Å². The SMILES string of the molecule is CCCCCC1([SiH2][c-]2ccc(CC)c2)C=CC=CC1.[Cl-].[Cl-].[Cl-].[Ti+4]. The molecule has 0 N–H and O–H groups in total. The molecule has 1 atom stereocenters. The van der Waals surface area contributed by atoms with Gasteiger partial charge in [0, 0.05) is 9.52 Å². The molecule has 1 aliphatic rings. The number of allylic oxidation sites excluding steroid dienone is 4. The van der Waals surface area contributed by atoms with Crippen molar-refractivity contribution in [3.63, 3.8) is 0 Å². The number of hydrogen-bond acceptors (Lipinski definition) is 0. The van der Waals surface area contributed by atoms with Crippen molar-refractivity contribution < 1.29 is 58.9 Å². The van der Waals surface area contributed by atoms with E-state index in [1.807, 2.05) is 0 Å². The van der Waals surface area contributed by atoms with Crippen molar-refractivity contribution in [3.05, 3.63) is 48.1 Å². The maximum absolute atomic E-state index is 2.52. The van der Waals surface area contributed by atoms with Gasteiger partial charge in [0.2, 0.25) is 0 Å². The molecule has 0 heterocycles. The molecule has 0 radical (unpaired) electrons. The summed E-state index contributed by atoms with van der Waals surface area (Å²) < 4.78 is 0. The topological polar surface area (TPSA) is 0 Å². The molecule has 5 heteroatoms. The van der Waals surface area contributed by atoms with Crippen molar-refractivity contribution in [1.82, 2.24) is 0 Å². The molecule has 0 aromatic heterocycles. The summed E-state index contributed by atoms with van der Waals surface area (Å²) in [4.78, 5) is 0. The van der Waals surface area contributed by atoms with Crippen molar-refractivity contribution >= 4 is 14.7 Å². The summed E-state index contributed by atoms with van der Waals surface area (Å²) >= 11 is 0. The molecule has 0 spiro atoms. The first-order valence-corrected chi connectivity index (χ1v) is 9.28. The van der Waals surface area contributed by atoms with E-state index in [0.717, 1.165) is 0 Å². The van der Waals surface area contributed by atoms with Gasteiger partial charge in [0.15, 0.2) is 0 Å². The summed E-state index contributed by atoms with van der Waals surface area (Å²) in [6.07, 6.45) is 17.3. The molecule has 0 saturated carbocycles. The van der Waals surface area contributed by atoms with E-state index >= 15 is 0 Å². The minimum atomic E-state index is -0.219. The molecule has 1 aromatic carbocycles. The molecule has 1 aromatic rings. The molecule has 0 saturated heterocycles. The van der Waals surface area contributed by atoms with Crippen LogP contribution in [0.15, 0.2) is 42.5 Å². The third-order valence-corrected chi connectivity index (χ3v) is 6.78. The van der Waals surface area contributed by atoms with Crippen LogP contribution in [0.5, 0.6) is 0 Å². The fraction of sp³-hybridized carbons (Fsp3) is 0.500. The average Bonchev–Trinajstić information content (AvgIpc) is 2.87. The second-order valence-corrected chi connectivity index (χ2v) is 8.55. The zero-order valence-corrected chi connectivity index (χ0v) is 19.4. The Kier molecular flexibility index (Phi) is 18.5. The van der Waals surface area contributed by atoms with Crippen LogP contribution in [0.3, 0.4) is 0 Å². The van der Waals surface area contributed by atoms with Gasteiger partial charge >= 0.3 is 21.7 Å². The van der Waals surface area contributed by atoms with Gasteiger partial charge in [-0.1, -0.05) is 63.8 Å². The van der Waals surface area contributed by atoms with Gasteiger partial charge in [-0.3, -0.25) is 0 Å². The zero-order valence-electron chi connectivity index (χ0n) is 14.1. The number of halogens is 3. The first kappa shape index (κ1) is 28.4. The summed E-state index contributed by atoms with van der Waals surface area (Å²) in [5, 5.41) is 2.18. The first-order chi connectivity index (χ1) is 9.28. The van der Waals surface area contributed by atoms with E-state index in [1.54, 1.807) is 5.19 Å². The largest absolute Gasteiger partial charge is 4.00 e. The summed E-state index contributed by atoms with van der Waals surface area (Å²) in [7, 11) is -0.219. The van der Waals surface area contributed by atoms with E-state index in [2.05, 4.69) is 56.4 Å². The molecule has 0 nitrogen and oxygen atoms in total. The molecular formula is C18H27Cl3SiTi. The maximum atomic E-state index is 2.52. The normalized spacial score (nSPS) is 18.7. The molecule has 1 aliphatic carbocycles. The van der Waals surface area contributed by atoms with E-state index < -0.39 is 0 Å². The van der Waals surface area contributed by atoms with E-state index in [4.69, 9.17) is 0 Å². The average molecular weight is 426 g/mol. The van der Waals surface area contributed by atoms with Gasteiger partial charge in [0.1, 0.15) is 0 Å². The van der Waals surface area contributed by atoms with E-state index in [-0.39, 0.29) is 68.5 Å². The van der Waals surface area contributed by atoms with Crippen molar-refractivity contribution in [2.45, 2.75) is 57.4 Å². The zero-order chi connectivity index (χ0) is 13.6. The Bertz CT molecular complexity index is 457. The summed E-state index contributed by atoms with van der Waals surface area (Å²) in [6, 6.07) is 7.17. The Hall–Kier alpha value is 0.631. The summed E-state index contributed by atoms with van der Waals surface area (Å²) in [6.45, 7) is 4.55. The Labute approximate surface area is 178 Å². The smallest absolute Gasteiger partial charge is 1.00 e. The third kappa shape index (κ3) is 9.05. The predicted molar refractivity (Wildman–Crippen MR) is 89.3 cm³/mol. The van der Waals surface area contributed by atoms with Crippen LogP contribution in [-0.4, -0.2) is 9.52 Å². The fourth-order valence-corrected chi connectivity index (χ4v) is 5.53. The van der Waals surface area contributed by atoms with E-state index in [0.29, 0.717) is 5.04 Å². The van der Waals surface area contributed by atoms with Crippen LogP contribution in [0.1, 0.15) is 51.5 Å². The predicted octanol–water partition coefficient (Wildman–Crippen LogP) is -4.97. The van der Waals surface area contributed by atoms with Gasteiger partial charge in [-0.25, -0.2) is 6.07 Å². The Morgan fingerprint density at radius 3 is 2.39 bits per heavy atom. The number of aryl methyl sites for hydroxylation is 1. The third-order valence-electron chi connectivity index (χ3n) is 4.35. The van der Waals surface area contributed by atoms with Crippen LogP contribution >= 0.6 is 0 Å². The molecule has 1 unspecified atom stereocenters. The Balaban J connectivity index is -0.000001000. The van der Waals surface area contributed by atoms with Crippen LogP contribution in [0, 0.1) is 0 Å². The van der Waals surface area contributed by atoms with E-state index in [1.165, 1.54) is 44.1 Å². The molecule has 23 heavy (non-hydrogen) atoms. The number of unbranched alkanes of at least 4 members (excludes halogenated alkanes) is 2. The van der Waals surface area contributed by atoms with Crippen molar-refractivity contribution in [2.24, 2.45) is 0 Å². The molecule has 128 valence electrons. The monoisotopic (exact) mass is 424 g/mol. The van der Waals surface area contributed by atoms with Crippen molar-refractivity contribution in [2.75, 3.05) is 0 Å². The van der Waals surface area contributed by atoms with Crippen molar-refractivity contribution in [3.8, 4) is 0 Å². The second-order valence-electron chi connectivity index (χ2n) is 5.97. The molecule has 0 fully saturated rings. The first-order valence-electron chi connectivity index (χ1n) is 7.87. The van der Waals surface area contributed by atoms with Crippen molar-refractivity contribution in [1.29, 1.82) is 0 Å². The molecular weight excluding hydrogens is 399 g/mol. The minimum Gasteiger partial charge on any atom is -1.00 e. The standard InChI is InChI=1S/C18H27Si.3ClH.Ti/c1-3-5-7-12-18(13-8-6-9-14-18)19-17-11-10-16(4-2)15-17;;;;/h6,8-11,13,15H,3-5,7,12,14,19H2,1-2H3;3*1H;/q-1;;;;+4/p-3. The molecule has 0 aliphatic heterocycles. The van der Waals surface area contributed by atoms with Gasteiger partial charge in [0.05, 0.1) is 0 Å². The van der Waals surface area contributed by atoms with Crippen LogP contribution in [0.25, 0.3) is 0 Å². The van der Waals surface area contributed by atoms with Crippen LogP contribution in [0.4, 0.5) is 0 Å². The summed E-state index contributed by atoms with van der Waals surface area (Å²) in [5.74, 6) is 0. The summed E-state index contributed by atoms with van der Waals surface area (Å²) in [5.41, 5.74) is 1.52. The van der Waals surface area contributed by atoms with Gasteiger partial charge < -0.3 is 37.2 Å². The van der Waals surface area contributed by atoms with Crippen LogP contribution in [-0.2, 0) is 28.1 Å². The van der Waals surface area contributed by atoms with Gasteiger partial charge in [-0.05, 0) is 17.9 Å². The number of rotatable bonds is 7. The molecule has 2 rings (SSSR count). The van der Waals surface area contributed by atoms with Gasteiger partial charge in [-0.2, -0.15) is 22.9 Å². The minimum absolute atomic E-state index is 0. The Morgan fingerprint density at radius 2 is 1.87 bits per heavy atom. The van der Waals surface area contributed by atoms with Crippen LogP contribution in [0.2, 0.25) is 5.04 Å². The van der Waals surface area contributed by atoms with Gasteiger partial charge in [-0.15, -0.1) is 0 Å². The van der Waals surface area contributed by atoms with E-state index in [9.17, 15) is 0 Å². The fourth-order valence-electron chi connectivity index (χ4n) is 3.13. The van der Waals surface area contributed by atoms with Gasteiger partial charge in [0.25, 0.3) is 0 Å². The molecule has 0 amide bonds. The maximum Gasteiger partial charge on any atom is 4.00 e. The second kappa shape index (κ2) is 14.9.